The molecule has 18 heavy (non-hydrogen) atoms. The van der Waals surface area contributed by atoms with E-state index in [9.17, 15) is 5.11 Å². The van der Waals surface area contributed by atoms with Crippen LogP contribution in [0.2, 0.25) is 0 Å². The smallest absolute Gasteiger partial charge is 0.220 e. The summed E-state index contributed by atoms with van der Waals surface area (Å²) in [7, 11) is 0. The maximum atomic E-state index is 10.0. The lowest BCUT2D eigenvalue weighted by atomic mass is 10.0. The molecule has 3 nitrogen and oxygen atoms in total. The number of benzene rings is 1. The van der Waals surface area contributed by atoms with Crippen LogP contribution in [-0.4, -0.2) is 23.6 Å². The van der Waals surface area contributed by atoms with Crippen LogP contribution in [0.1, 0.15) is 11.7 Å². The van der Waals surface area contributed by atoms with Crippen molar-refractivity contribution in [2.75, 3.05) is 6.61 Å². The van der Waals surface area contributed by atoms with Gasteiger partial charge in [0.25, 0.3) is 0 Å². The van der Waals surface area contributed by atoms with E-state index < -0.39 is 11.9 Å². The molecule has 1 spiro atoms. The lowest BCUT2D eigenvalue weighted by molar-refractivity contribution is -0.181. The van der Waals surface area contributed by atoms with Crippen LogP contribution in [0.15, 0.2) is 53.0 Å². The number of hydrogen-bond donors (Lipinski definition) is 1. The molecule has 1 saturated heterocycles. The van der Waals surface area contributed by atoms with E-state index in [0.29, 0.717) is 6.61 Å². The molecule has 0 amide bonds. The standard InChI is InChI=1S/C14H13BrO3/c15-11-6-7-13(16)14(8-11)17-9-12(18-14)10-4-2-1-3-5-10/h1-8,12-13,16H,9H2/t12-,13?,14-/m0/s1. The number of rotatable bonds is 1. The predicted octanol–water partition coefficient (Wildman–Crippen LogP) is 2.68. The van der Waals surface area contributed by atoms with E-state index in [0.717, 1.165) is 10.0 Å². The minimum absolute atomic E-state index is 0.149. The van der Waals surface area contributed by atoms with Gasteiger partial charge in [-0.2, -0.15) is 0 Å². The molecule has 3 rings (SSSR count). The molecule has 94 valence electrons. The first kappa shape index (κ1) is 12.1. The van der Waals surface area contributed by atoms with Gasteiger partial charge in [0.05, 0.1) is 6.61 Å². The van der Waals surface area contributed by atoms with E-state index in [2.05, 4.69) is 15.9 Å². The molecule has 1 fully saturated rings. The van der Waals surface area contributed by atoms with Gasteiger partial charge >= 0.3 is 0 Å². The van der Waals surface area contributed by atoms with Crippen molar-refractivity contribution in [3.63, 3.8) is 0 Å². The summed E-state index contributed by atoms with van der Waals surface area (Å²) in [5.74, 6) is -1.06. The molecule has 0 radical (unpaired) electrons. The summed E-state index contributed by atoms with van der Waals surface area (Å²) in [6.45, 7) is 0.436. The molecule has 1 heterocycles. The molecule has 0 saturated carbocycles. The van der Waals surface area contributed by atoms with E-state index in [1.807, 2.05) is 30.3 Å². The van der Waals surface area contributed by atoms with Gasteiger partial charge in [0.2, 0.25) is 5.79 Å². The first-order chi connectivity index (χ1) is 8.70. The maximum Gasteiger partial charge on any atom is 0.220 e. The van der Waals surface area contributed by atoms with Crippen molar-refractivity contribution < 1.29 is 14.6 Å². The van der Waals surface area contributed by atoms with Gasteiger partial charge < -0.3 is 14.6 Å². The highest BCUT2D eigenvalue weighted by molar-refractivity contribution is 9.11. The van der Waals surface area contributed by atoms with Crippen LogP contribution < -0.4 is 0 Å². The van der Waals surface area contributed by atoms with Gasteiger partial charge in [0.15, 0.2) is 0 Å². The Bertz CT molecular complexity index is 497. The zero-order valence-corrected chi connectivity index (χ0v) is 11.2. The number of allylic oxidation sites excluding steroid dienone is 2. The largest absolute Gasteiger partial charge is 0.383 e. The van der Waals surface area contributed by atoms with Crippen LogP contribution in [0, 0.1) is 0 Å². The molecule has 1 aromatic rings. The Balaban J connectivity index is 1.85. The van der Waals surface area contributed by atoms with E-state index in [1.165, 1.54) is 0 Å². The Morgan fingerprint density at radius 2 is 2.06 bits per heavy atom. The zero-order valence-electron chi connectivity index (χ0n) is 9.62. The highest BCUT2D eigenvalue weighted by Gasteiger charge is 2.46. The van der Waals surface area contributed by atoms with Crippen molar-refractivity contribution in [1.82, 2.24) is 0 Å². The summed E-state index contributed by atoms with van der Waals surface area (Å²) in [5.41, 5.74) is 1.06. The lowest BCUT2D eigenvalue weighted by Gasteiger charge is -2.30. The summed E-state index contributed by atoms with van der Waals surface area (Å²) >= 11 is 3.38. The third-order valence-corrected chi connectivity index (χ3v) is 3.64. The van der Waals surface area contributed by atoms with Crippen LogP contribution in [-0.2, 0) is 9.47 Å². The average Bonchev–Trinajstić information content (AvgIpc) is 2.81. The Labute approximate surface area is 114 Å². The van der Waals surface area contributed by atoms with Crippen LogP contribution in [0.5, 0.6) is 0 Å². The van der Waals surface area contributed by atoms with Crippen LogP contribution in [0.3, 0.4) is 0 Å². The van der Waals surface area contributed by atoms with Crippen molar-refractivity contribution >= 4 is 15.9 Å². The van der Waals surface area contributed by atoms with Crippen LogP contribution >= 0.6 is 15.9 Å². The molecule has 1 aliphatic carbocycles. The average molecular weight is 309 g/mol. The van der Waals surface area contributed by atoms with Crippen LogP contribution in [0.4, 0.5) is 0 Å². The Kier molecular flexibility index (Phi) is 3.11. The fourth-order valence-electron chi connectivity index (χ4n) is 2.20. The summed E-state index contributed by atoms with van der Waals surface area (Å²) in [6, 6.07) is 9.89. The minimum atomic E-state index is -1.06. The second-order valence-electron chi connectivity index (χ2n) is 4.38. The van der Waals surface area contributed by atoms with E-state index in [1.54, 1.807) is 18.2 Å². The van der Waals surface area contributed by atoms with Gasteiger partial charge in [-0.3, -0.25) is 0 Å². The summed E-state index contributed by atoms with van der Waals surface area (Å²) in [5, 5.41) is 10.0. The van der Waals surface area contributed by atoms with Gasteiger partial charge in [-0.1, -0.05) is 46.3 Å². The van der Waals surface area contributed by atoms with E-state index in [4.69, 9.17) is 9.47 Å². The first-order valence-corrected chi connectivity index (χ1v) is 6.60. The number of halogens is 1. The highest BCUT2D eigenvalue weighted by Crippen LogP contribution is 2.40. The molecule has 3 atom stereocenters. The number of aliphatic hydroxyl groups is 1. The Morgan fingerprint density at radius 1 is 1.28 bits per heavy atom. The highest BCUT2D eigenvalue weighted by atomic mass is 79.9. The van der Waals surface area contributed by atoms with Gasteiger partial charge in [-0.15, -0.1) is 0 Å². The van der Waals surface area contributed by atoms with Crippen molar-refractivity contribution in [3.8, 4) is 0 Å². The topological polar surface area (TPSA) is 38.7 Å². The number of hydrogen-bond acceptors (Lipinski definition) is 3. The van der Waals surface area contributed by atoms with Gasteiger partial charge in [0.1, 0.15) is 12.2 Å². The molecule has 1 aromatic carbocycles. The summed E-state index contributed by atoms with van der Waals surface area (Å²) in [6.07, 6.45) is 4.28. The predicted molar refractivity (Wildman–Crippen MR) is 71.1 cm³/mol. The van der Waals surface area contributed by atoms with Gasteiger partial charge in [0, 0.05) is 4.48 Å². The molecular weight excluding hydrogens is 296 g/mol. The molecular formula is C14H13BrO3. The number of ether oxygens (including phenoxy) is 2. The summed E-state index contributed by atoms with van der Waals surface area (Å²) < 4.78 is 12.5. The maximum absolute atomic E-state index is 10.0. The Morgan fingerprint density at radius 3 is 2.83 bits per heavy atom. The molecule has 1 unspecified atom stereocenters. The fourth-order valence-corrected chi connectivity index (χ4v) is 2.67. The van der Waals surface area contributed by atoms with Crippen molar-refractivity contribution in [1.29, 1.82) is 0 Å². The lowest BCUT2D eigenvalue weighted by Crippen LogP contribution is -2.42. The molecule has 4 heteroatoms. The minimum Gasteiger partial charge on any atom is -0.383 e. The van der Waals surface area contributed by atoms with Crippen molar-refractivity contribution in [3.05, 3.63) is 58.6 Å². The molecule has 1 N–H and O–H groups in total. The first-order valence-electron chi connectivity index (χ1n) is 5.81. The van der Waals surface area contributed by atoms with Crippen LogP contribution in [0.25, 0.3) is 0 Å². The molecule has 1 aliphatic heterocycles. The molecule has 0 bridgehead atoms. The molecule has 2 aliphatic rings. The third-order valence-electron chi connectivity index (χ3n) is 3.15. The second-order valence-corrected chi connectivity index (χ2v) is 5.30. The quantitative estimate of drug-likeness (QED) is 0.867. The van der Waals surface area contributed by atoms with Gasteiger partial charge in [-0.05, 0) is 23.8 Å². The molecule has 0 aromatic heterocycles. The fraction of sp³-hybridized carbons (Fsp3) is 0.286. The second kappa shape index (κ2) is 4.63. The zero-order chi connectivity index (χ0) is 12.6. The van der Waals surface area contributed by atoms with Gasteiger partial charge in [-0.25, -0.2) is 0 Å². The summed E-state index contributed by atoms with van der Waals surface area (Å²) in [4.78, 5) is 0. The monoisotopic (exact) mass is 308 g/mol. The number of aliphatic hydroxyl groups excluding tert-OH is 1. The van der Waals surface area contributed by atoms with Crippen molar-refractivity contribution in [2.45, 2.75) is 18.0 Å². The normalized spacial score (nSPS) is 34.9. The van der Waals surface area contributed by atoms with E-state index in [-0.39, 0.29) is 6.10 Å². The van der Waals surface area contributed by atoms with Crippen molar-refractivity contribution in [2.24, 2.45) is 0 Å². The third kappa shape index (κ3) is 2.06. The SMILES string of the molecule is OC1C=CC(Br)=C[C@@]12OC[C@@H](c1ccccc1)O2. The van der Waals surface area contributed by atoms with E-state index >= 15 is 0 Å². The Hall–Kier alpha value is -0.940.